The Morgan fingerprint density at radius 2 is 2.20 bits per heavy atom. The number of likely N-dealkylation sites (N-methyl/N-ethyl adjacent to an activating group) is 1. The molecule has 1 saturated heterocycles. The van der Waals surface area contributed by atoms with Gasteiger partial charge in [0.1, 0.15) is 5.75 Å². The largest absolute Gasteiger partial charge is 0.496 e. The van der Waals surface area contributed by atoms with Gasteiger partial charge in [0, 0.05) is 38.8 Å². The molecule has 1 aromatic carbocycles. The first-order chi connectivity index (χ1) is 11.6. The summed E-state index contributed by atoms with van der Waals surface area (Å²) in [5, 5.41) is 3.36. The molecule has 142 valence electrons. The smallest absolute Gasteiger partial charge is 0.194 e. The fraction of sp³-hybridized carbons (Fsp3) is 0.611. The summed E-state index contributed by atoms with van der Waals surface area (Å²) >= 11 is 0. The molecule has 2 rings (SSSR count). The molecule has 0 bridgehead atoms. The maximum absolute atomic E-state index is 5.80. The average Bonchev–Trinajstić information content (AvgIpc) is 2.59. The van der Waals surface area contributed by atoms with Crippen molar-refractivity contribution in [1.29, 1.82) is 0 Å². The van der Waals surface area contributed by atoms with Crippen molar-refractivity contribution >= 4 is 29.9 Å². The summed E-state index contributed by atoms with van der Waals surface area (Å²) in [6.45, 7) is 7.03. The molecular formula is C18H31IN4O2. The van der Waals surface area contributed by atoms with Crippen molar-refractivity contribution in [3.63, 3.8) is 0 Å². The van der Waals surface area contributed by atoms with Crippen LogP contribution < -0.4 is 10.1 Å². The minimum atomic E-state index is 0. The van der Waals surface area contributed by atoms with Gasteiger partial charge >= 0.3 is 0 Å². The Morgan fingerprint density at radius 3 is 2.88 bits per heavy atom. The lowest BCUT2D eigenvalue weighted by atomic mass is 10.2. The Morgan fingerprint density at radius 1 is 1.44 bits per heavy atom. The van der Waals surface area contributed by atoms with E-state index in [1.54, 1.807) is 7.11 Å². The number of hydrogen-bond acceptors (Lipinski definition) is 4. The first kappa shape index (κ1) is 22.0. The second kappa shape index (κ2) is 11.5. The van der Waals surface area contributed by atoms with Crippen molar-refractivity contribution < 1.29 is 9.47 Å². The zero-order valence-corrected chi connectivity index (χ0v) is 18.0. The Bertz CT molecular complexity index is 542. The maximum atomic E-state index is 5.80. The Labute approximate surface area is 168 Å². The Hall–Kier alpha value is -1.06. The Kier molecular flexibility index (Phi) is 10.1. The van der Waals surface area contributed by atoms with Crippen LogP contribution in [0.5, 0.6) is 5.75 Å². The topological polar surface area (TPSA) is 49.3 Å². The van der Waals surface area contributed by atoms with Gasteiger partial charge in [-0.25, -0.2) is 0 Å². The number of halogens is 1. The van der Waals surface area contributed by atoms with Crippen LogP contribution in [-0.4, -0.2) is 75.9 Å². The van der Waals surface area contributed by atoms with Crippen LogP contribution in [0.15, 0.2) is 29.3 Å². The number of benzene rings is 1. The second-order valence-corrected chi connectivity index (χ2v) is 6.12. The molecule has 0 aromatic heterocycles. The van der Waals surface area contributed by atoms with Crippen LogP contribution in [0, 0.1) is 0 Å². The number of rotatable bonds is 6. The first-order valence-corrected chi connectivity index (χ1v) is 8.55. The Balaban J connectivity index is 0.00000312. The highest BCUT2D eigenvalue weighted by molar-refractivity contribution is 14.0. The van der Waals surface area contributed by atoms with E-state index in [1.807, 2.05) is 25.2 Å². The number of methoxy groups -OCH3 is 1. The molecule has 1 unspecified atom stereocenters. The molecule has 0 amide bonds. The van der Waals surface area contributed by atoms with E-state index in [0.29, 0.717) is 6.54 Å². The van der Waals surface area contributed by atoms with E-state index in [1.165, 1.54) is 0 Å². The van der Waals surface area contributed by atoms with E-state index in [2.05, 4.69) is 35.2 Å². The van der Waals surface area contributed by atoms with Gasteiger partial charge < -0.3 is 24.6 Å². The summed E-state index contributed by atoms with van der Waals surface area (Å²) in [6, 6.07) is 8.08. The predicted octanol–water partition coefficient (Wildman–Crippen LogP) is 2.04. The number of nitrogens with zero attached hydrogens (tertiary/aromatic N) is 3. The van der Waals surface area contributed by atoms with E-state index < -0.39 is 0 Å². The first-order valence-electron chi connectivity index (χ1n) is 8.55. The lowest BCUT2D eigenvalue weighted by molar-refractivity contribution is -0.0137. The average molecular weight is 462 g/mol. The third-order valence-electron chi connectivity index (χ3n) is 4.08. The van der Waals surface area contributed by atoms with Gasteiger partial charge in [0.15, 0.2) is 5.96 Å². The van der Waals surface area contributed by atoms with Crippen molar-refractivity contribution in [2.75, 3.05) is 54.0 Å². The zero-order valence-electron chi connectivity index (χ0n) is 15.7. The lowest BCUT2D eigenvalue weighted by Crippen LogP contribution is -2.43. The van der Waals surface area contributed by atoms with Crippen LogP contribution in [0.3, 0.4) is 0 Å². The molecule has 0 aliphatic carbocycles. The standard InChI is InChI=1S/C18H30N4O2.HI/c1-5-19-18(20-12-16-14-21(2)10-11-24-16)22(3)13-15-8-6-7-9-17(15)23-4;/h6-9,16H,5,10-14H2,1-4H3,(H,19,20);1H. The van der Waals surface area contributed by atoms with Crippen molar-refractivity contribution in [2.45, 2.75) is 19.6 Å². The van der Waals surface area contributed by atoms with Gasteiger partial charge in [-0.15, -0.1) is 24.0 Å². The van der Waals surface area contributed by atoms with Crippen LogP contribution in [0.1, 0.15) is 12.5 Å². The summed E-state index contributed by atoms with van der Waals surface area (Å²) in [5.74, 6) is 1.79. The van der Waals surface area contributed by atoms with Crippen LogP contribution in [0.2, 0.25) is 0 Å². The van der Waals surface area contributed by atoms with Crippen molar-refractivity contribution in [3.8, 4) is 5.75 Å². The van der Waals surface area contributed by atoms with Gasteiger partial charge in [0.2, 0.25) is 0 Å². The number of aliphatic imine (C=N–C) groups is 1. The number of guanidine groups is 1. The molecule has 0 saturated carbocycles. The molecule has 25 heavy (non-hydrogen) atoms. The molecule has 0 spiro atoms. The molecule has 1 aliphatic heterocycles. The monoisotopic (exact) mass is 462 g/mol. The van der Waals surface area contributed by atoms with E-state index in [4.69, 9.17) is 14.5 Å². The van der Waals surface area contributed by atoms with Crippen molar-refractivity contribution in [2.24, 2.45) is 4.99 Å². The highest BCUT2D eigenvalue weighted by Crippen LogP contribution is 2.18. The fourth-order valence-corrected chi connectivity index (χ4v) is 2.80. The molecule has 1 heterocycles. The summed E-state index contributed by atoms with van der Waals surface area (Å²) in [4.78, 5) is 9.17. The number of hydrogen-bond donors (Lipinski definition) is 1. The normalized spacial score (nSPS) is 18.4. The summed E-state index contributed by atoms with van der Waals surface area (Å²) in [7, 11) is 5.87. The van der Waals surface area contributed by atoms with Gasteiger partial charge in [0.25, 0.3) is 0 Å². The number of morpholine rings is 1. The quantitative estimate of drug-likeness (QED) is 0.399. The molecule has 0 radical (unpaired) electrons. The van der Waals surface area contributed by atoms with E-state index in [0.717, 1.165) is 50.1 Å². The van der Waals surface area contributed by atoms with Gasteiger partial charge in [-0.1, -0.05) is 18.2 Å². The van der Waals surface area contributed by atoms with Gasteiger partial charge in [-0.05, 0) is 20.0 Å². The molecule has 1 N–H and O–H groups in total. The molecular weight excluding hydrogens is 431 g/mol. The minimum absolute atomic E-state index is 0. The number of para-hydroxylation sites is 1. The summed E-state index contributed by atoms with van der Waals surface area (Å²) in [6.07, 6.45) is 0.164. The van der Waals surface area contributed by atoms with Crippen LogP contribution in [0.4, 0.5) is 0 Å². The molecule has 1 atom stereocenters. The highest BCUT2D eigenvalue weighted by atomic mass is 127. The third kappa shape index (κ3) is 6.99. The second-order valence-electron chi connectivity index (χ2n) is 6.12. The lowest BCUT2D eigenvalue weighted by Gasteiger charge is -2.29. The minimum Gasteiger partial charge on any atom is -0.496 e. The molecule has 1 aliphatic rings. The van der Waals surface area contributed by atoms with Crippen LogP contribution in [-0.2, 0) is 11.3 Å². The summed E-state index contributed by atoms with van der Waals surface area (Å²) in [5.41, 5.74) is 1.14. The summed E-state index contributed by atoms with van der Waals surface area (Å²) < 4.78 is 11.2. The molecule has 1 aromatic rings. The molecule has 6 nitrogen and oxygen atoms in total. The maximum Gasteiger partial charge on any atom is 0.194 e. The fourth-order valence-electron chi connectivity index (χ4n) is 2.80. The molecule has 7 heteroatoms. The van der Waals surface area contributed by atoms with Crippen molar-refractivity contribution in [3.05, 3.63) is 29.8 Å². The molecule has 1 fully saturated rings. The van der Waals surface area contributed by atoms with E-state index in [9.17, 15) is 0 Å². The number of nitrogens with one attached hydrogen (secondary N) is 1. The third-order valence-corrected chi connectivity index (χ3v) is 4.08. The number of ether oxygens (including phenoxy) is 2. The zero-order chi connectivity index (χ0) is 17.4. The van der Waals surface area contributed by atoms with Crippen LogP contribution >= 0.6 is 24.0 Å². The van der Waals surface area contributed by atoms with Crippen molar-refractivity contribution in [1.82, 2.24) is 15.1 Å². The van der Waals surface area contributed by atoms with E-state index in [-0.39, 0.29) is 30.1 Å². The van der Waals surface area contributed by atoms with Gasteiger partial charge in [-0.2, -0.15) is 0 Å². The van der Waals surface area contributed by atoms with E-state index >= 15 is 0 Å². The van der Waals surface area contributed by atoms with Crippen LogP contribution in [0.25, 0.3) is 0 Å². The predicted molar refractivity (Wildman–Crippen MR) is 113 cm³/mol. The van der Waals surface area contributed by atoms with Gasteiger partial charge in [0.05, 0.1) is 26.4 Å². The van der Waals surface area contributed by atoms with Gasteiger partial charge in [-0.3, -0.25) is 4.99 Å². The highest BCUT2D eigenvalue weighted by Gasteiger charge is 2.18. The SMILES string of the molecule is CCNC(=NCC1CN(C)CCO1)N(C)Cc1ccccc1OC.I.